The molecule has 0 aromatic carbocycles. The van der Waals surface area contributed by atoms with Gasteiger partial charge in [-0.1, -0.05) is 0 Å². The second-order valence-corrected chi connectivity index (χ2v) is 6.56. The van der Waals surface area contributed by atoms with E-state index in [4.69, 9.17) is 9.15 Å². The predicted molar refractivity (Wildman–Crippen MR) is 68.3 cm³/mol. The highest BCUT2D eigenvalue weighted by Crippen LogP contribution is 2.31. The molecule has 0 amide bonds. The Morgan fingerprint density at radius 3 is 2.63 bits per heavy atom. The van der Waals surface area contributed by atoms with E-state index in [9.17, 15) is 13.5 Å². The lowest BCUT2D eigenvalue weighted by Gasteiger charge is -2.16. The van der Waals surface area contributed by atoms with Gasteiger partial charge in [0.15, 0.2) is 0 Å². The third-order valence-electron chi connectivity index (χ3n) is 3.52. The number of furan rings is 1. The largest absolute Gasteiger partial charge is 0.465 e. The average Bonchev–Trinajstić information content (AvgIpc) is 2.93. The zero-order valence-electron chi connectivity index (χ0n) is 11.3. The maximum atomic E-state index is 12.6. The molecule has 2 rings (SSSR count). The Bertz CT molecular complexity index is 563. The molecular weight excluding hydrogens is 270 g/mol. The molecule has 1 aromatic rings. The Hall–Kier alpha value is -0.890. The molecule has 7 heteroatoms. The summed E-state index contributed by atoms with van der Waals surface area (Å²) >= 11 is 0. The summed E-state index contributed by atoms with van der Waals surface area (Å²) in [5.41, 5.74) is 0.346. The van der Waals surface area contributed by atoms with Crippen molar-refractivity contribution in [2.75, 3.05) is 20.2 Å². The topological polar surface area (TPSA) is 80.0 Å². The minimum absolute atomic E-state index is 0.0688. The zero-order valence-corrected chi connectivity index (χ0v) is 12.2. The minimum atomic E-state index is -3.63. The number of hydrogen-bond acceptors (Lipinski definition) is 5. The van der Waals surface area contributed by atoms with Gasteiger partial charge in [-0.3, -0.25) is 0 Å². The molecule has 1 aromatic heterocycles. The molecular formula is C12H19NO5S. The molecule has 1 N–H and O–H groups in total. The Balaban J connectivity index is 2.41. The van der Waals surface area contributed by atoms with E-state index in [-0.39, 0.29) is 17.6 Å². The van der Waals surface area contributed by atoms with Crippen LogP contribution < -0.4 is 0 Å². The first-order valence-corrected chi connectivity index (χ1v) is 7.58. The zero-order chi connectivity index (χ0) is 14.2. The number of methoxy groups -OCH3 is 1. The Morgan fingerprint density at radius 1 is 1.42 bits per heavy atom. The summed E-state index contributed by atoms with van der Waals surface area (Å²) < 4.78 is 37.1. The molecule has 0 spiro atoms. The fourth-order valence-corrected chi connectivity index (χ4v) is 4.36. The summed E-state index contributed by atoms with van der Waals surface area (Å²) in [5.74, 6) is 0.767. The molecule has 0 aliphatic carbocycles. The standard InChI is InChI=1S/C12H19NO5S/c1-8-11(7-14)12(9(2)18-8)19(15,16)13-5-4-10(6-13)17-3/h10,14H,4-7H2,1-3H3. The van der Waals surface area contributed by atoms with Crippen molar-refractivity contribution in [1.29, 1.82) is 0 Å². The second kappa shape index (κ2) is 5.24. The Kier molecular flexibility index (Phi) is 4.00. The van der Waals surface area contributed by atoms with Crippen molar-refractivity contribution < 1.29 is 22.7 Å². The summed E-state index contributed by atoms with van der Waals surface area (Å²) in [6.45, 7) is 3.67. The molecule has 0 radical (unpaired) electrons. The first kappa shape index (κ1) is 14.5. The SMILES string of the molecule is COC1CCN(S(=O)(=O)c2c(C)oc(C)c2CO)C1. The number of ether oxygens (including phenoxy) is 1. The predicted octanol–water partition coefficient (Wildman–Crippen LogP) is 0.798. The lowest BCUT2D eigenvalue weighted by molar-refractivity contribution is 0.115. The quantitative estimate of drug-likeness (QED) is 0.886. The van der Waals surface area contributed by atoms with Gasteiger partial charge in [-0.2, -0.15) is 4.31 Å². The van der Waals surface area contributed by atoms with Crippen molar-refractivity contribution in [2.24, 2.45) is 0 Å². The number of nitrogens with zero attached hydrogens (tertiary/aromatic N) is 1. The molecule has 1 fully saturated rings. The highest BCUT2D eigenvalue weighted by atomic mass is 32.2. The smallest absolute Gasteiger partial charge is 0.247 e. The van der Waals surface area contributed by atoms with Crippen LogP contribution in [0.25, 0.3) is 0 Å². The molecule has 1 aliphatic rings. The third kappa shape index (κ3) is 2.43. The number of sulfonamides is 1. The maximum Gasteiger partial charge on any atom is 0.247 e. The second-order valence-electron chi connectivity index (χ2n) is 4.69. The Morgan fingerprint density at radius 2 is 2.11 bits per heavy atom. The molecule has 2 heterocycles. The highest BCUT2D eigenvalue weighted by Gasteiger charge is 2.36. The van der Waals surface area contributed by atoms with Crippen LogP contribution in [0.1, 0.15) is 23.5 Å². The van der Waals surface area contributed by atoms with Crippen LogP contribution in [0.4, 0.5) is 0 Å². The van der Waals surface area contributed by atoms with E-state index < -0.39 is 10.0 Å². The van der Waals surface area contributed by atoms with E-state index in [2.05, 4.69) is 0 Å². The van der Waals surface area contributed by atoms with Gasteiger partial charge >= 0.3 is 0 Å². The molecule has 1 aliphatic heterocycles. The van der Waals surface area contributed by atoms with E-state index in [1.807, 2.05) is 0 Å². The average molecular weight is 289 g/mol. The van der Waals surface area contributed by atoms with E-state index in [0.717, 1.165) is 0 Å². The van der Waals surface area contributed by atoms with Gasteiger partial charge < -0.3 is 14.3 Å². The molecule has 19 heavy (non-hydrogen) atoms. The van der Waals surface area contributed by atoms with Crippen LogP contribution in [0.5, 0.6) is 0 Å². The fourth-order valence-electron chi connectivity index (χ4n) is 2.47. The van der Waals surface area contributed by atoms with E-state index in [1.54, 1.807) is 21.0 Å². The number of hydrogen-bond donors (Lipinski definition) is 1. The summed E-state index contributed by atoms with van der Waals surface area (Å²) in [6.07, 6.45) is 0.612. The Labute approximate surface area is 113 Å². The van der Waals surface area contributed by atoms with Gasteiger partial charge in [-0.05, 0) is 20.3 Å². The molecule has 0 bridgehead atoms. The minimum Gasteiger partial charge on any atom is -0.465 e. The summed E-state index contributed by atoms with van der Waals surface area (Å²) in [5, 5.41) is 9.35. The van der Waals surface area contributed by atoms with Gasteiger partial charge in [0.25, 0.3) is 0 Å². The van der Waals surface area contributed by atoms with Crippen molar-refractivity contribution >= 4 is 10.0 Å². The van der Waals surface area contributed by atoms with E-state index in [1.165, 1.54) is 4.31 Å². The van der Waals surface area contributed by atoms with Gasteiger partial charge in [0.05, 0.1) is 12.7 Å². The molecule has 1 saturated heterocycles. The fraction of sp³-hybridized carbons (Fsp3) is 0.667. The molecule has 1 atom stereocenters. The number of aryl methyl sites for hydroxylation is 2. The van der Waals surface area contributed by atoms with E-state index >= 15 is 0 Å². The van der Waals surface area contributed by atoms with Crippen LogP contribution in [0.15, 0.2) is 9.31 Å². The lowest BCUT2D eigenvalue weighted by Crippen LogP contribution is -2.31. The van der Waals surface area contributed by atoms with Crippen LogP contribution in [0, 0.1) is 13.8 Å². The van der Waals surface area contributed by atoms with Crippen LogP contribution in [0.3, 0.4) is 0 Å². The van der Waals surface area contributed by atoms with Crippen LogP contribution in [0.2, 0.25) is 0 Å². The van der Waals surface area contributed by atoms with Crippen LogP contribution >= 0.6 is 0 Å². The maximum absolute atomic E-state index is 12.6. The number of aliphatic hydroxyl groups is 1. The first-order chi connectivity index (χ1) is 8.91. The molecule has 0 saturated carbocycles. The van der Waals surface area contributed by atoms with Crippen molar-refractivity contribution in [1.82, 2.24) is 4.31 Å². The van der Waals surface area contributed by atoms with Crippen molar-refractivity contribution in [3.8, 4) is 0 Å². The first-order valence-electron chi connectivity index (χ1n) is 6.14. The summed E-state index contributed by atoms with van der Waals surface area (Å²) in [6, 6.07) is 0. The number of aliphatic hydroxyl groups excluding tert-OH is 1. The van der Waals surface area contributed by atoms with E-state index in [0.29, 0.717) is 36.6 Å². The summed E-state index contributed by atoms with van der Waals surface area (Å²) in [7, 11) is -2.06. The lowest BCUT2D eigenvalue weighted by atomic mass is 10.2. The van der Waals surface area contributed by atoms with Crippen LogP contribution in [-0.4, -0.2) is 44.1 Å². The molecule has 1 unspecified atom stereocenters. The van der Waals surface area contributed by atoms with Gasteiger partial charge in [0.2, 0.25) is 10.0 Å². The third-order valence-corrected chi connectivity index (χ3v) is 5.58. The monoisotopic (exact) mass is 289 g/mol. The normalized spacial score (nSPS) is 21.2. The number of rotatable bonds is 4. The van der Waals surface area contributed by atoms with Gasteiger partial charge in [-0.15, -0.1) is 0 Å². The van der Waals surface area contributed by atoms with Crippen LogP contribution in [-0.2, 0) is 21.4 Å². The molecule has 6 nitrogen and oxygen atoms in total. The van der Waals surface area contributed by atoms with Crippen molar-refractivity contribution in [3.05, 3.63) is 17.1 Å². The molecule has 108 valence electrons. The highest BCUT2D eigenvalue weighted by molar-refractivity contribution is 7.89. The van der Waals surface area contributed by atoms with Gasteiger partial charge in [-0.25, -0.2) is 8.42 Å². The summed E-state index contributed by atoms with van der Waals surface area (Å²) in [4.78, 5) is 0.101. The van der Waals surface area contributed by atoms with Gasteiger partial charge in [0, 0.05) is 25.8 Å². The van der Waals surface area contributed by atoms with Gasteiger partial charge in [0.1, 0.15) is 16.4 Å². The van der Waals surface area contributed by atoms with Crippen molar-refractivity contribution in [3.63, 3.8) is 0 Å². The van der Waals surface area contributed by atoms with Crippen molar-refractivity contribution in [2.45, 2.75) is 37.9 Å².